The van der Waals surface area contributed by atoms with Crippen molar-refractivity contribution in [1.82, 2.24) is 0 Å². The first-order valence-corrected chi connectivity index (χ1v) is 8.83. The van der Waals surface area contributed by atoms with Gasteiger partial charge in [0.2, 0.25) is 0 Å². The molecule has 1 saturated heterocycles. The maximum absolute atomic E-state index is 10.3. The quantitative estimate of drug-likeness (QED) is 0.423. The minimum Gasteiger partial charge on any atom is -0.400 e. The van der Waals surface area contributed by atoms with Gasteiger partial charge in [-0.05, 0) is 62.6 Å². The summed E-state index contributed by atoms with van der Waals surface area (Å²) in [5, 5.41) is 34.3. The molecule has 3 rings (SSSR count). The maximum Gasteiger partial charge on any atom is 0.272 e. The molecule has 0 bridgehead atoms. The Morgan fingerprint density at radius 1 is 1.00 bits per heavy atom. The third kappa shape index (κ3) is 9.87. The number of nitrogen functional groups attached to an aromatic ring is 1. The van der Waals surface area contributed by atoms with Crippen molar-refractivity contribution >= 4 is 11.4 Å². The van der Waals surface area contributed by atoms with Crippen LogP contribution in [0.2, 0.25) is 0 Å². The smallest absolute Gasteiger partial charge is 0.272 e. The van der Waals surface area contributed by atoms with Crippen molar-refractivity contribution in [3.05, 3.63) is 68.8 Å². The van der Waals surface area contributed by atoms with Gasteiger partial charge in [0.15, 0.2) is 0 Å². The Hall–Kier alpha value is -3.46. The number of aliphatic hydroxyl groups is 1. The number of benzene rings is 2. The SMILES string of the molecule is C1CCOC1.CO.Cc1cc(C#N)ccc1N.Cc1cc(C#N)ccc1[N+](=O)[O-]. The lowest BCUT2D eigenvalue weighted by Crippen LogP contribution is -1.91. The number of hydrogen-bond acceptors (Lipinski definition) is 7. The van der Waals surface area contributed by atoms with E-state index in [1.165, 1.54) is 31.0 Å². The van der Waals surface area contributed by atoms with Crippen LogP contribution in [0.1, 0.15) is 35.1 Å². The number of nitrogens with zero attached hydrogens (tertiary/aromatic N) is 3. The molecule has 29 heavy (non-hydrogen) atoms. The van der Waals surface area contributed by atoms with E-state index >= 15 is 0 Å². The molecular formula is C21H26N4O4. The average Bonchev–Trinajstić information content (AvgIpc) is 3.32. The molecule has 1 fully saturated rings. The van der Waals surface area contributed by atoms with Gasteiger partial charge < -0.3 is 15.6 Å². The van der Waals surface area contributed by atoms with Gasteiger partial charge in [-0.15, -0.1) is 0 Å². The van der Waals surface area contributed by atoms with Gasteiger partial charge in [0, 0.05) is 37.6 Å². The van der Waals surface area contributed by atoms with E-state index in [1.807, 2.05) is 19.1 Å². The van der Waals surface area contributed by atoms with Crippen LogP contribution in [0.3, 0.4) is 0 Å². The first-order chi connectivity index (χ1) is 13.9. The lowest BCUT2D eigenvalue weighted by Gasteiger charge is -1.97. The van der Waals surface area contributed by atoms with Crippen molar-refractivity contribution in [3.63, 3.8) is 0 Å². The summed E-state index contributed by atoms with van der Waals surface area (Å²) in [5.41, 5.74) is 8.89. The van der Waals surface area contributed by atoms with Crippen molar-refractivity contribution in [1.29, 1.82) is 10.5 Å². The molecular weight excluding hydrogens is 372 g/mol. The van der Waals surface area contributed by atoms with Crippen LogP contribution in [-0.4, -0.2) is 30.4 Å². The summed E-state index contributed by atoms with van der Waals surface area (Å²) in [6.07, 6.45) is 2.56. The highest BCUT2D eigenvalue weighted by atomic mass is 16.6. The number of nitriles is 2. The highest BCUT2D eigenvalue weighted by Gasteiger charge is 2.09. The van der Waals surface area contributed by atoms with Crippen molar-refractivity contribution in [2.24, 2.45) is 0 Å². The zero-order valence-electron chi connectivity index (χ0n) is 16.9. The number of ether oxygens (including phenoxy) is 1. The Balaban J connectivity index is 0.000000414. The van der Waals surface area contributed by atoms with Crippen LogP contribution < -0.4 is 5.73 Å². The monoisotopic (exact) mass is 398 g/mol. The predicted octanol–water partition coefficient (Wildman–Crippen LogP) is 3.63. The molecule has 1 heterocycles. The Morgan fingerprint density at radius 2 is 1.48 bits per heavy atom. The van der Waals surface area contributed by atoms with E-state index < -0.39 is 4.92 Å². The standard InChI is InChI=1S/C8H6N2O2.C8H8N2.C4H8O.CH4O/c1-6-4-7(5-9)2-3-8(6)10(11)12;1-6-4-7(5-9)2-3-8(6)10;1-2-4-5-3-1;1-2/h2-4H,1H3;2-4H,10H2,1H3;1-4H2;2H,1H3. The normalized spacial score (nSPS) is 11.1. The van der Waals surface area contributed by atoms with Crippen LogP contribution in [0.25, 0.3) is 0 Å². The Bertz CT molecular complexity index is 858. The fraction of sp³-hybridized carbons (Fsp3) is 0.333. The van der Waals surface area contributed by atoms with Gasteiger partial charge in [-0.3, -0.25) is 10.1 Å². The highest BCUT2D eigenvalue weighted by molar-refractivity contribution is 5.50. The second kappa shape index (κ2) is 14.6. The van der Waals surface area contributed by atoms with Gasteiger partial charge >= 0.3 is 0 Å². The van der Waals surface area contributed by atoms with Crippen molar-refractivity contribution in [2.45, 2.75) is 26.7 Å². The maximum atomic E-state index is 10.3. The molecule has 0 atom stereocenters. The fourth-order valence-corrected chi connectivity index (χ4v) is 2.19. The fourth-order valence-electron chi connectivity index (χ4n) is 2.19. The molecule has 0 radical (unpaired) electrons. The summed E-state index contributed by atoms with van der Waals surface area (Å²) >= 11 is 0. The minimum absolute atomic E-state index is 0.0500. The first-order valence-electron chi connectivity index (χ1n) is 8.83. The van der Waals surface area contributed by atoms with E-state index in [-0.39, 0.29) is 5.69 Å². The van der Waals surface area contributed by atoms with E-state index in [1.54, 1.807) is 25.1 Å². The summed E-state index contributed by atoms with van der Waals surface area (Å²) in [7, 11) is 1.00. The largest absolute Gasteiger partial charge is 0.400 e. The Labute approximate surface area is 170 Å². The van der Waals surface area contributed by atoms with E-state index in [2.05, 4.69) is 0 Å². The second-order valence-corrected chi connectivity index (χ2v) is 5.87. The molecule has 0 amide bonds. The van der Waals surface area contributed by atoms with Crippen LogP contribution >= 0.6 is 0 Å². The Morgan fingerprint density at radius 3 is 1.83 bits per heavy atom. The molecule has 2 aromatic rings. The van der Waals surface area contributed by atoms with Crippen molar-refractivity contribution < 1.29 is 14.8 Å². The molecule has 154 valence electrons. The molecule has 1 aliphatic heterocycles. The minimum atomic E-state index is -0.462. The van der Waals surface area contributed by atoms with E-state index in [4.69, 9.17) is 26.1 Å². The molecule has 2 aromatic carbocycles. The second-order valence-electron chi connectivity index (χ2n) is 5.87. The van der Waals surface area contributed by atoms with Crippen molar-refractivity contribution in [2.75, 3.05) is 26.1 Å². The molecule has 3 N–H and O–H groups in total. The number of anilines is 1. The van der Waals surface area contributed by atoms with E-state index in [0.717, 1.165) is 31.6 Å². The number of aliphatic hydroxyl groups excluding tert-OH is 1. The third-order valence-corrected chi connectivity index (χ3v) is 3.75. The number of hydrogen-bond donors (Lipinski definition) is 2. The lowest BCUT2D eigenvalue weighted by atomic mass is 10.1. The summed E-state index contributed by atoms with van der Waals surface area (Å²) in [5.74, 6) is 0. The molecule has 0 saturated carbocycles. The lowest BCUT2D eigenvalue weighted by molar-refractivity contribution is -0.385. The average molecular weight is 398 g/mol. The molecule has 8 nitrogen and oxygen atoms in total. The molecule has 1 aliphatic rings. The molecule has 0 aromatic heterocycles. The van der Waals surface area contributed by atoms with Crippen LogP contribution in [0.4, 0.5) is 11.4 Å². The summed E-state index contributed by atoms with van der Waals surface area (Å²) in [6.45, 7) is 5.50. The van der Waals surface area contributed by atoms with Crippen LogP contribution in [0.5, 0.6) is 0 Å². The number of rotatable bonds is 1. The summed E-state index contributed by atoms with van der Waals surface area (Å²) < 4.78 is 4.94. The predicted molar refractivity (Wildman–Crippen MR) is 111 cm³/mol. The Kier molecular flexibility index (Phi) is 12.8. The number of nitro benzene ring substituents is 1. The van der Waals surface area contributed by atoms with Gasteiger partial charge in [0.25, 0.3) is 5.69 Å². The van der Waals surface area contributed by atoms with Crippen molar-refractivity contribution in [3.8, 4) is 12.1 Å². The third-order valence-electron chi connectivity index (χ3n) is 3.75. The van der Waals surface area contributed by atoms with Crippen LogP contribution in [0.15, 0.2) is 36.4 Å². The topological polar surface area (TPSA) is 146 Å². The number of nitro groups is 1. The van der Waals surface area contributed by atoms with Crippen LogP contribution in [0, 0.1) is 46.6 Å². The van der Waals surface area contributed by atoms with E-state index in [0.29, 0.717) is 16.7 Å². The van der Waals surface area contributed by atoms with Gasteiger partial charge in [0.1, 0.15) is 0 Å². The zero-order valence-corrected chi connectivity index (χ0v) is 16.9. The zero-order chi connectivity index (χ0) is 22.2. The van der Waals surface area contributed by atoms with Gasteiger partial charge in [-0.1, -0.05) is 0 Å². The summed E-state index contributed by atoms with van der Waals surface area (Å²) in [6, 6.07) is 13.5. The first kappa shape index (κ1) is 25.5. The van der Waals surface area contributed by atoms with Gasteiger partial charge in [0.05, 0.1) is 28.2 Å². The van der Waals surface area contributed by atoms with Gasteiger partial charge in [-0.2, -0.15) is 10.5 Å². The highest BCUT2D eigenvalue weighted by Crippen LogP contribution is 2.17. The van der Waals surface area contributed by atoms with Crippen LogP contribution in [-0.2, 0) is 4.74 Å². The van der Waals surface area contributed by atoms with Gasteiger partial charge in [-0.25, -0.2) is 0 Å². The van der Waals surface area contributed by atoms with E-state index in [9.17, 15) is 10.1 Å². The number of aryl methyl sites for hydroxylation is 2. The molecule has 0 aliphatic carbocycles. The molecule has 8 heteroatoms. The molecule has 0 unspecified atom stereocenters. The number of nitrogens with two attached hydrogens (primary N) is 1. The molecule has 0 spiro atoms. The summed E-state index contributed by atoms with van der Waals surface area (Å²) in [4.78, 5) is 9.88.